The van der Waals surface area contributed by atoms with Gasteiger partial charge in [-0.1, -0.05) is 43.5 Å². The van der Waals surface area contributed by atoms with Gasteiger partial charge in [0.25, 0.3) is 5.69 Å². The molecule has 0 amide bonds. The molecule has 6 nitrogen and oxygen atoms in total. The van der Waals surface area contributed by atoms with Crippen LogP contribution in [0.15, 0.2) is 55.0 Å². The fourth-order valence-corrected chi connectivity index (χ4v) is 4.02. The Labute approximate surface area is 164 Å². The summed E-state index contributed by atoms with van der Waals surface area (Å²) in [5.41, 5.74) is 4.88. The van der Waals surface area contributed by atoms with Crippen molar-refractivity contribution >= 4 is 11.4 Å². The van der Waals surface area contributed by atoms with Crippen molar-refractivity contribution in [2.24, 2.45) is 0 Å². The molecule has 144 valence electrons. The topological polar surface area (TPSA) is 73.0 Å². The summed E-state index contributed by atoms with van der Waals surface area (Å²) >= 11 is 0. The largest absolute Gasteiger partial charge is 0.386 e. The average molecular weight is 376 g/mol. The van der Waals surface area contributed by atoms with Gasteiger partial charge in [-0.05, 0) is 30.4 Å². The lowest BCUT2D eigenvalue weighted by molar-refractivity contribution is -0.384. The molecule has 3 aromatic rings. The second-order valence-electron chi connectivity index (χ2n) is 7.33. The van der Waals surface area contributed by atoms with E-state index < -0.39 is 0 Å². The summed E-state index contributed by atoms with van der Waals surface area (Å²) in [5, 5.41) is 14.2. The highest BCUT2D eigenvalue weighted by Gasteiger charge is 2.16. The molecule has 2 aromatic carbocycles. The maximum atomic E-state index is 11.1. The molecule has 0 radical (unpaired) electrons. The van der Waals surface area contributed by atoms with Crippen LogP contribution in [0.2, 0.25) is 0 Å². The lowest BCUT2D eigenvalue weighted by atomic mass is 9.84. The van der Waals surface area contributed by atoms with Crippen LogP contribution in [0.5, 0.6) is 0 Å². The summed E-state index contributed by atoms with van der Waals surface area (Å²) in [6.07, 6.45) is 10.2. The molecule has 1 heterocycles. The average Bonchev–Trinajstić information content (AvgIpc) is 3.24. The van der Waals surface area contributed by atoms with Crippen molar-refractivity contribution in [3.8, 4) is 16.9 Å². The van der Waals surface area contributed by atoms with Crippen molar-refractivity contribution in [2.45, 2.75) is 38.0 Å². The Bertz CT molecular complexity index is 972. The van der Waals surface area contributed by atoms with Crippen LogP contribution in [0.25, 0.3) is 16.9 Å². The van der Waals surface area contributed by atoms with E-state index >= 15 is 0 Å². The maximum Gasteiger partial charge on any atom is 0.271 e. The van der Waals surface area contributed by atoms with Gasteiger partial charge in [0, 0.05) is 30.9 Å². The second-order valence-corrected chi connectivity index (χ2v) is 7.33. The number of nitro groups is 1. The van der Waals surface area contributed by atoms with Gasteiger partial charge < -0.3 is 9.88 Å². The molecule has 0 atom stereocenters. The molecule has 1 fully saturated rings. The van der Waals surface area contributed by atoms with E-state index in [-0.39, 0.29) is 10.6 Å². The minimum Gasteiger partial charge on any atom is -0.386 e. The van der Waals surface area contributed by atoms with Crippen LogP contribution in [0.4, 0.5) is 11.4 Å². The highest BCUT2D eigenvalue weighted by atomic mass is 16.6. The van der Waals surface area contributed by atoms with Gasteiger partial charge in [0.2, 0.25) is 0 Å². The predicted molar refractivity (Wildman–Crippen MR) is 111 cm³/mol. The molecule has 1 aliphatic rings. The van der Waals surface area contributed by atoms with Gasteiger partial charge in [0.15, 0.2) is 0 Å². The van der Waals surface area contributed by atoms with Crippen LogP contribution in [-0.2, 0) is 0 Å². The molecule has 0 spiro atoms. The number of non-ortho nitro benzene ring substituents is 1. The zero-order valence-corrected chi connectivity index (χ0v) is 16.0. The van der Waals surface area contributed by atoms with Crippen LogP contribution < -0.4 is 5.32 Å². The maximum absolute atomic E-state index is 11.1. The first kappa shape index (κ1) is 18.2. The molecule has 0 bridgehead atoms. The third-order valence-electron chi connectivity index (χ3n) is 5.61. The van der Waals surface area contributed by atoms with Crippen LogP contribution in [0.1, 0.15) is 43.6 Å². The van der Waals surface area contributed by atoms with Crippen molar-refractivity contribution in [1.82, 2.24) is 9.55 Å². The molecule has 0 aliphatic heterocycles. The van der Waals surface area contributed by atoms with Gasteiger partial charge in [-0.2, -0.15) is 0 Å². The first-order valence-electron chi connectivity index (χ1n) is 9.76. The van der Waals surface area contributed by atoms with Crippen molar-refractivity contribution in [3.05, 3.63) is 70.7 Å². The zero-order chi connectivity index (χ0) is 19.5. The second kappa shape index (κ2) is 7.84. The molecular weight excluding hydrogens is 352 g/mol. The van der Waals surface area contributed by atoms with Crippen molar-refractivity contribution < 1.29 is 4.92 Å². The molecule has 28 heavy (non-hydrogen) atoms. The highest BCUT2D eigenvalue weighted by molar-refractivity contribution is 5.66. The number of aromatic nitrogens is 2. The number of nitro benzene ring substituents is 1. The summed E-state index contributed by atoms with van der Waals surface area (Å²) in [6.45, 7) is 0. The van der Waals surface area contributed by atoms with Crippen molar-refractivity contribution in [3.63, 3.8) is 0 Å². The molecule has 1 N–H and O–H groups in total. The summed E-state index contributed by atoms with van der Waals surface area (Å²) in [7, 11) is 1.80. The van der Waals surface area contributed by atoms with E-state index in [0.29, 0.717) is 11.6 Å². The molecule has 4 rings (SSSR count). The van der Waals surface area contributed by atoms with Crippen molar-refractivity contribution in [2.75, 3.05) is 12.4 Å². The number of hydrogen-bond acceptors (Lipinski definition) is 4. The van der Waals surface area contributed by atoms with E-state index in [9.17, 15) is 10.1 Å². The molecule has 1 aliphatic carbocycles. The van der Waals surface area contributed by atoms with Gasteiger partial charge in [-0.25, -0.2) is 4.98 Å². The van der Waals surface area contributed by atoms with Crippen molar-refractivity contribution in [1.29, 1.82) is 0 Å². The number of nitrogens with one attached hydrogen (secondary N) is 1. The first-order chi connectivity index (χ1) is 13.7. The summed E-state index contributed by atoms with van der Waals surface area (Å²) in [6, 6.07) is 13.5. The monoisotopic (exact) mass is 376 g/mol. The minimum absolute atomic E-state index is 0.0566. The van der Waals surface area contributed by atoms with Crippen LogP contribution in [0, 0.1) is 10.1 Å². The smallest absolute Gasteiger partial charge is 0.271 e. The van der Waals surface area contributed by atoms with E-state index in [1.165, 1.54) is 43.7 Å². The van der Waals surface area contributed by atoms with Crippen LogP contribution >= 0.6 is 0 Å². The van der Waals surface area contributed by atoms with Gasteiger partial charge in [-0.3, -0.25) is 10.1 Å². The Balaban J connectivity index is 1.61. The third kappa shape index (κ3) is 3.63. The van der Waals surface area contributed by atoms with E-state index in [1.807, 2.05) is 10.8 Å². The molecule has 1 saturated carbocycles. The van der Waals surface area contributed by atoms with Crippen LogP contribution in [-0.4, -0.2) is 21.5 Å². The number of benzene rings is 2. The SMILES string of the molecule is CNc1ccc([N+](=O)[O-])cc1-n1cnc(-c2ccc(C3CCCCC3)cc2)c1. The Morgan fingerprint density at radius 3 is 2.54 bits per heavy atom. The number of anilines is 1. The van der Waals surface area contributed by atoms with Gasteiger partial charge in [0.1, 0.15) is 0 Å². The summed E-state index contributed by atoms with van der Waals surface area (Å²) < 4.78 is 1.82. The number of rotatable bonds is 5. The van der Waals surface area contributed by atoms with E-state index in [1.54, 1.807) is 25.5 Å². The lowest BCUT2D eigenvalue weighted by Crippen LogP contribution is -2.04. The molecule has 1 aromatic heterocycles. The standard InChI is InChI=1S/C22H24N4O2/c1-23-20-12-11-19(26(27)28)13-22(20)25-14-21(24-15-25)18-9-7-17(8-10-18)16-5-3-2-4-6-16/h7-16,23H,2-6H2,1H3. The highest BCUT2D eigenvalue weighted by Crippen LogP contribution is 2.33. The van der Waals surface area contributed by atoms with E-state index in [2.05, 4.69) is 34.6 Å². The molecular formula is C22H24N4O2. The van der Waals surface area contributed by atoms with Gasteiger partial charge in [-0.15, -0.1) is 0 Å². The molecule has 0 unspecified atom stereocenters. The Morgan fingerprint density at radius 1 is 1.11 bits per heavy atom. The van der Waals surface area contributed by atoms with Crippen LogP contribution in [0.3, 0.4) is 0 Å². The fourth-order valence-electron chi connectivity index (χ4n) is 4.02. The Kier molecular flexibility index (Phi) is 5.10. The van der Waals surface area contributed by atoms with E-state index in [4.69, 9.17) is 0 Å². The Morgan fingerprint density at radius 2 is 1.86 bits per heavy atom. The Hall–Kier alpha value is -3.15. The summed E-state index contributed by atoms with van der Waals surface area (Å²) in [5.74, 6) is 0.684. The number of hydrogen-bond donors (Lipinski definition) is 1. The predicted octanol–water partition coefficient (Wildman–Crippen LogP) is 5.54. The molecule has 0 saturated heterocycles. The normalized spacial score (nSPS) is 14.8. The zero-order valence-electron chi connectivity index (χ0n) is 16.0. The first-order valence-corrected chi connectivity index (χ1v) is 9.76. The van der Waals surface area contributed by atoms with Gasteiger partial charge in [0.05, 0.1) is 28.3 Å². The van der Waals surface area contributed by atoms with Gasteiger partial charge >= 0.3 is 0 Å². The quantitative estimate of drug-likeness (QED) is 0.469. The summed E-state index contributed by atoms with van der Waals surface area (Å²) in [4.78, 5) is 15.3. The third-order valence-corrected chi connectivity index (χ3v) is 5.61. The fraction of sp³-hybridized carbons (Fsp3) is 0.318. The molecule has 6 heteroatoms. The number of imidazole rings is 1. The minimum atomic E-state index is -0.384. The lowest BCUT2D eigenvalue weighted by Gasteiger charge is -2.22. The van der Waals surface area contributed by atoms with E-state index in [0.717, 1.165) is 16.9 Å². The number of nitrogens with zero attached hydrogens (tertiary/aromatic N) is 3.